The minimum absolute atomic E-state index is 0.168. The van der Waals surface area contributed by atoms with Crippen molar-refractivity contribution in [1.29, 1.82) is 0 Å². The molecule has 4 heterocycles. The number of anilines is 1. The lowest BCUT2D eigenvalue weighted by atomic mass is 9.97. The molecule has 5 rings (SSSR count). The quantitative estimate of drug-likeness (QED) is 0.572. The third-order valence-electron chi connectivity index (χ3n) is 6.40. The van der Waals surface area contributed by atoms with Crippen molar-refractivity contribution < 1.29 is 14.3 Å². The molecule has 3 aliphatic rings. The molecule has 31 heavy (non-hydrogen) atoms. The van der Waals surface area contributed by atoms with Gasteiger partial charge in [0.25, 0.3) is 0 Å². The lowest BCUT2D eigenvalue weighted by Crippen LogP contribution is -2.53. The highest BCUT2D eigenvalue weighted by Gasteiger charge is 2.46. The lowest BCUT2D eigenvalue weighted by molar-refractivity contribution is 0.00599. The second kappa shape index (κ2) is 7.55. The van der Waals surface area contributed by atoms with E-state index in [2.05, 4.69) is 11.9 Å². The molecular formula is C23H28ClN3O3S. The first-order valence-electron chi connectivity index (χ1n) is 10.9. The van der Waals surface area contributed by atoms with E-state index in [1.165, 1.54) is 0 Å². The number of fused-ring (bicyclic) bond motifs is 5. The first-order valence-corrected chi connectivity index (χ1v) is 12.1. The maximum Gasteiger partial charge on any atom is 0.410 e. The molecule has 2 fully saturated rings. The Morgan fingerprint density at radius 2 is 2.00 bits per heavy atom. The summed E-state index contributed by atoms with van der Waals surface area (Å²) in [6.45, 7) is 6.24. The van der Waals surface area contributed by atoms with Crippen LogP contribution in [0.4, 0.5) is 9.93 Å². The van der Waals surface area contributed by atoms with Crippen molar-refractivity contribution in [3.8, 4) is 16.2 Å². The van der Waals surface area contributed by atoms with Crippen LogP contribution < -0.4 is 9.64 Å². The number of carbonyl (C=O) groups is 1. The maximum absolute atomic E-state index is 12.8. The third-order valence-corrected chi connectivity index (χ3v) is 7.86. The summed E-state index contributed by atoms with van der Waals surface area (Å²) in [4.78, 5) is 23.1. The highest BCUT2D eigenvalue weighted by molar-refractivity contribution is 7.19. The molecule has 2 unspecified atom stereocenters. The molecule has 0 aliphatic carbocycles. The first-order chi connectivity index (χ1) is 14.7. The van der Waals surface area contributed by atoms with Crippen LogP contribution >= 0.6 is 22.9 Å². The number of rotatable bonds is 2. The summed E-state index contributed by atoms with van der Waals surface area (Å²) >= 11 is 7.84. The fraction of sp³-hybridized carbons (Fsp3) is 0.565. The highest BCUT2D eigenvalue weighted by atomic mass is 35.5. The third kappa shape index (κ3) is 3.87. The Labute approximate surface area is 192 Å². The van der Waals surface area contributed by atoms with Crippen LogP contribution in [0.1, 0.15) is 52.1 Å². The van der Waals surface area contributed by atoms with Gasteiger partial charge in [-0.15, -0.1) is 0 Å². The Morgan fingerprint density at radius 1 is 1.29 bits per heavy atom. The average molecular weight is 462 g/mol. The number of piperidine rings is 1. The van der Waals surface area contributed by atoms with Crippen molar-refractivity contribution in [3.05, 3.63) is 28.9 Å². The van der Waals surface area contributed by atoms with Crippen LogP contribution in [0.3, 0.4) is 0 Å². The molecule has 166 valence electrons. The molecule has 0 saturated carbocycles. The zero-order valence-corrected chi connectivity index (χ0v) is 19.9. The van der Waals surface area contributed by atoms with Crippen molar-refractivity contribution in [3.63, 3.8) is 0 Å². The van der Waals surface area contributed by atoms with Gasteiger partial charge in [-0.1, -0.05) is 22.9 Å². The fourth-order valence-electron chi connectivity index (χ4n) is 4.98. The number of aromatic nitrogens is 1. The molecule has 2 saturated heterocycles. The zero-order chi connectivity index (χ0) is 21.9. The van der Waals surface area contributed by atoms with Gasteiger partial charge in [0.15, 0.2) is 5.13 Å². The van der Waals surface area contributed by atoms with E-state index >= 15 is 0 Å². The van der Waals surface area contributed by atoms with E-state index in [9.17, 15) is 4.79 Å². The van der Waals surface area contributed by atoms with E-state index in [0.29, 0.717) is 17.7 Å². The second-order valence-corrected chi connectivity index (χ2v) is 11.1. The molecule has 2 aromatic rings. The molecule has 0 N–H and O–H groups in total. The van der Waals surface area contributed by atoms with Crippen LogP contribution in [0.5, 0.6) is 5.75 Å². The smallest absolute Gasteiger partial charge is 0.410 e. The Bertz CT molecular complexity index is 1000. The summed E-state index contributed by atoms with van der Waals surface area (Å²) in [5, 5.41) is 1.68. The fourth-order valence-corrected chi connectivity index (χ4v) is 6.28. The van der Waals surface area contributed by atoms with Gasteiger partial charge in [-0.2, -0.15) is 0 Å². The Hall–Kier alpha value is -1.99. The summed E-state index contributed by atoms with van der Waals surface area (Å²) < 4.78 is 11.6. The summed E-state index contributed by atoms with van der Waals surface area (Å²) in [6, 6.07) is 6.61. The standard InChI is InChI=1S/C23H28ClN3O3S/c1-23(2,3)30-22(28)27-14-6-7-15(27)11-16(10-14)26(4)21-25-18-12-29-19-9-13(24)5-8-17(19)20(18)31-21/h5,8-9,14-16H,6-7,10-12H2,1-4H3. The topological polar surface area (TPSA) is 54.9 Å². The number of ether oxygens (including phenoxy) is 2. The molecule has 1 aromatic carbocycles. The van der Waals surface area contributed by atoms with Gasteiger partial charge >= 0.3 is 6.09 Å². The molecule has 2 atom stereocenters. The molecule has 6 nitrogen and oxygen atoms in total. The van der Waals surface area contributed by atoms with Crippen LogP contribution in [0.2, 0.25) is 5.02 Å². The number of halogens is 1. The van der Waals surface area contributed by atoms with E-state index in [4.69, 9.17) is 26.1 Å². The number of hydrogen-bond donors (Lipinski definition) is 0. The Kier molecular flexibility index (Phi) is 5.09. The SMILES string of the molecule is CN(c1nc2c(s1)-c1ccc(Cl)cc1OC2)C1CC2CCC(C1)N2C(=O)OC(C)(C)C. The van der Waals surface area contributed by atoms with Gasteiger partial charge in [0.2, 0.25) is 0 Å². The van der Waals surface area contributed by atoms with E-state index < -0.39 is 5.60 Å². The molecule has 0 spiro atoms. The number of carbonyl (C=O) groups excluding carboxylic acids is 1. The van der Waals surface area contributed by atoms with E-state index in [-0.39, 0.29) is 18.2 Å². The molecule has 8 heteroatoms. The molecule has 2 bridgehead atoms. The normalized spacial score (nSPS) is 24.3. The van der Waals surface area contributed by atoms with E-state index in [0.717, 1.165) is 52.7 Å². The van der Waals surface area contributed by atoms with E-state index in [1.807, 2.05) is 43.9 Å². The Morgan fingerprint density at radius 3 is 2.68 bits per heavy atom. The summed E-state index contributed by atoms with van der Waals surface area (Å²) in [7, 11) is 2.13. The van der Waals surface area contributed by atoms with Crippen molar-refractivity contribution in [2.75, 3.05) is 11.9 Å². The van der Waals surface area contributed by atoms with Gasteiger partial charge in [-0.05, 0) is 64.7 Å². The van der Waals surface area contributed by atoms with Crippen molar-refractivity contribution >= 4 is 34.2 Å². The highest BCUT2D eigenvalue weighted by Crippen LogP contribution is 2.46. The van der Waals surface area contributed by atoms with Gasteiger partial charge in [-0.25, -0.2) is 9.78 Å². The summed E-state index contributed by atoms with van der Waals surface area (Å²) in [6.07, 6.45) is 3.81. The predicted molar refractivity (Wildman–Crippen MR) is 123 cm³/mol. The summed E-state index contributed by atoms with van der Waals surface area (Å²) in [5.41, 5.74) is 1.57. The average Bonchev–Trinajstić information content (AvgIpc) is 3.24. The van der Waals surface area contributed by atoms with Gasteiger partial charge < -0.3 is 19.3 Å². The predicted octanol–water partition coefficient (Wildman–Crippen LogP) is 5.72. The van der Waals surface area contributed by atoms with Crippen LogP contribution in [-0.2, 0) is 11.3 Å². The second-order valence-electron chi connectivity index (χ2n) is 9.71. The van der Waals surface area contributed by atoms with Crippen molar-refractivity contribution in [1.82, 2.24) is 9.88 Å². The van der Waals surface area contributed by atoms with E-state index in [1.54, 1.807) is 11.3 Å². The minimum atomic E-state index is -0.466. The van der Waals surface area contributed by atoms with Gasteiger partial charge in [0.05, 0.1) is 10.6 Å². The molecule has 3 aliphatic heterocycles. The molecule has 0 radical (unpaired) electrons. The van der Waals surface area contributed by atoms with Crippen LogP contribution in [0.15, 0.2) is 18.2 Å². The largest absolute Gasteiger partial charge is 0.487 e. The monoisotopic (exact) mass is 461 g/mol. The number of amides is 1. The number of nitrogens with zero attached hydrogens (tertiary/aromatic N) is 3. The lowest BCUT2D eigenvalue weighted by Gasteiger charge is -2.42. The number of thiazole rings is 1. The number of hydrogen-bond acceptors (Lipinski definition) is 6. The maximum atomic E-state index is 12.8. The van der Waals surface area contributed by atoms with Gasteiger partial charge in [-0.3, -0.25) is 0 Å². The summed E-state index contributed by atoms with van der Waals surface area (Å²) in [5.74, 6) is 0.821. The van der Waals surface area contributed by atoms with Gasteiger partial charge in [0, 0.05) is 35.8 Å². The van der Waals surface area contributed by atoms with Crippen LogP contribution in [-0.4, -0.2) is 46.8 Å². The molecular weight excluding hydrogens is 434 g/mol. The minimum Gasteiger partial charge on any atom is -0.487 e. The Balaban J connectivity index is 1.33. The number of benzene rings is 1. The van der Waals surface area contributed by atoms with Crippen molar-refractivity contribution in [2.24, 2.45) is 0 Å². The zero-order valence-electron chi connectivity index (χ0n) is 18.4. The van der Waals surface area contributed by atoms with Crippen molar-refractivity contribution in [2.45, 2.75) is 76.8 Å². The molecule has 1 amide bonds. The van der Waals surface area contributed by atoms with Gasteiger partial charge in [0.1, 0.15) is 18.0 Å². The van der Waals surface area contributed by atoms with Crippen LogP contribution in [0.25, 0.3) is 10.4 Å². The van der Waals surface area contributed by atoms with Crippen LogP contribution in [0, 0.1) is 0 Å². The first kappa shape index (κ1) is 20.9. The molecule has 1 aromatic heterocycles.